The topological polar surface area (TPSA) is 91.7 Å². The third-order valence-corrected chi connectivity index (χ3v) is 6.39. The minimum atomic E-state index is -4.50. The third kappa shape index (κ3) is 5.48. The first kappa shape index (κ1) is 24.3. The van der Waals surface area contributed by atoms with Gasteiger partial charge in [0.2, 0.25) is 0 Å². The van der Waals surface area contributed by atoms with Crippen molar-refractivity contribution >= 4 is 27.3 Å². The largest absolute Gasteiger partial charge is 0.416 e. The molecular weight excluding hydrogens is 488 g/mol. The van der Waals surface area contributed by atoms with Crippen LogP contribution in [0.25, 0.3) is 0 Å². The number of nitrogens with one attached hydrogen (secondary N) is 1. The van der Waals surface area contributed by atoms with Crippen LogP contribution in [0.1, 0.15) is 22.7 Å². The van der Waals surface area contributed by atoms with Crippen molar-refractivity contribution in [3.8, 4) is 0 Å². The predicted molar refractivity (Wildman–Crippen MR) is 120 cm³/mol. The minimum absolute atomic E-state index is 0.0183. The van der Waals surface area contributed by atoms with E-state index >= 15 is 0 Å². The van der Waals surface area contributed by atoms with Gasteiger partial charge in [-0.15, -0.1) is 0 Å². The molecule has 182 valence electrons. The molecule has 1 unspecified atom stereocenters. The summed E-state index contributed by atoms with van der Waals surface area (Å²) in [5.74, 6) is -1.02. The Bertz CT molecular complexity index is 1370. The molecule has 1 atom stereocenters. The van der Waals surface area contributed by atoms with Crippen molar-refractivity contribution in [3.63, 3.8) is 0 Å². The fraction of sp³-hybridized carbons (Fsp3) is 0.174. The van der Waals surface area contributed by atoms with Crippen LogP contribution in [0.15, 0.2) is 76.9 Å². The van der Waals surface area contributed by atoms with Crippen molar-refractivity contribution in [2.75, 3.05) is 18.1 Å². The first-order valence-electron chi connectivity index (χ1n) is 10.2. The van der Waals surface area contributed by atoms with E-state index in [-0.39, 0.29) is 17.1 Å². The molecule has 35 heavy (non-hydrogen) atoms. The fourth-order valence-corrected chi connectivity index (χ4v) is 4.05. The molecule has 0 bridgehead atoms. The van der Waals surface area contributed by atoms with Gasteiger partial charge in [0.15, 0.2) is 9.84 Å². The highest BCUT2D eigenvalue weighted by molar-refractivity contribution is 7.90. The number of pyridine rings is 1. The van der Waals surface area contributed by atoms with Crippen molar-refractivity contribution in [3.05, 3.63) is 89.5 Å². The van der Waals surface area contributed by atoms with Crippen LogP contribution in [0.3, 0.4) is 0 Å². The molecular formula is C23H18F4N4O3S. The monoisotopic (exact) mass is 506 g/mol. The van der Waals surface area contributed by atoms with Crippen molar-refractivity contribution < 1.29 is 30.8 Å². The van der Waals surface area contributed by atoms with Gasteiger partial charge in [-0.05, 0) is 54.1 Å². The molecule has 1 aliphatic rings. The van der Waals surface area contributed by atoms with Crippen LogP contribution < -0.4 is 5.32 Å². The molecule has 2 heterocycles. The highest BCUT2D eigenvalue weighted by Gasteiger charge is 2.34. The molecule has 0 aliphatic carbocycles. The molecule has 0 saturated carbocycles. The molecule has 2 aromatic carbocycles. The molecule has 7 nitrogen and oxygen atoms in total. The lowest BCUT2D eigenvalue weighted by molar-refractivity contribution is -0.137. The molecule has 0 fully saturated rings. The number of nitrogens with zero attached hydrogens (tertiary/aromatic N) is 3. The smallest absolute Gasteiger partial charge is 0.306 e. The van der Waals surface area contributed by atoms with Gasteiger partial charge in [-0.1, -0.05) is 12.1 Å². The number of carbonyl (C=O) groups is 1. The quantitative estimate of drug-likeness (QED) is 0.521. The van der Waals surface area contributed by atoms with E-state index in [1.807, 2.05) is 0 Å². The Morgan fingerprint density at radius 1 is 1.03 bits per heavy atom. The van der Waals surface area contributed by atoms with E-state index in [2.05, 4.69) is 15.4 Å². The molecule has 1 aliphatic heterocycles. The van der Waals surface area contributed by atoms with Crippen LogP contribution in [-0.4, -0.2) is 43.0 Å². The van der Waals surface area contributed by atoms with Crippen molar-refractivity contribution in [1.29, 1.82) is 0 Å². The van der Waals surface area contributed by atoms with Crippen molar-refractivity contribution in [2.45, 2.75) is 17.0 Å². The lowest BCUT2D eigenvalue weighted by Crippen LogP contribution is -2.30. The summed E-state index contributed by atoms with van der Waals surface area (Å²) < 4.78 is 75.3. The van der Waals surface area contributed by atoms with Gasteiger partial charge in [0.1, 0.15) is 5.82 Å². The van der Waals surface area contributed by atoms with Gasteiger partial charge >= 0.3 is 12.2 Å². The van der Waals surface area contributed by atoms with Gasteiger partial charge in [0.05, 0.1) is 34.3 Å². The zero-order valence-electron chi connectivity index (χ0n) is 18.1. The van der Waals surface area contributed by atoms with Gasteiger partial charge in [-0.2, -0.15) is 18.3 Å². The minimum Gasteiger partial charge on any atom is -0.306 e. The Morgan fingerprint density at radius 3 is 2.23 bits per heavy atom. The second-order valence-electron chi connectivity index (χ2n) is 7.82. The summed E-state index contributed by atoms with van der Waals surface area (Å²) in [6.45, 7) is 0.0183. The molecule has 0 saturated heterocycles. The first-order valence-corrected chi connectivity index (χ1v) is 12.1. The van der Waals surface area contributed by atoms with Crippen molar-refractivity contribution in [1.82, 2.24) is 9.99 Å². The molecule has 1 aromatic heterocycles. The summed E-state index contributed by atoms with van der Waals surface area (Å²) in [6, 6.07) is 11.6. The van der Waals surface area contributed by atoms with Crippen LogP contribution in [0, 0.1) is 5.82 Å². The number of alkyl halides is 3. The Kier molecular flexibility index (Phi) is 6.32. The second-order valence-corrected chi connectivity index (χ2v) is 9.84. The van der Waals surface area contributed by atoms with Crippen LogP contribution in [0.2, 0.25) is 0 Å². The zero-order valence-corrected chi connectivity index (χ0v) is 18.9. The molecule has 4 rings (SSSR count). The molecule has 1 N–H and O–H groups in total. The van der Waals surface area contributed by atoms with E-state index in [1.54, 1.807) is 0 Å². The van der Waals surface area contributed by atoms with E-state index in [1.165, 1.54) is 42.6 Å². The van der Waals surface area contributed by atoms with Crippen LogP contribution in [0.5, 0.6) is 0 Å². The van der Waals surface area contributed by atoms with Crippen LogP contribution in [-0.2, 0) is 16.0 Å². The van der Waals surface area contributed by atoms with Crippen LogP contribution >= 0.6 is 0 Å². The number of benzene rings is 2. The Balaban J connectivity index is 1.61. The van der Waals surface area contributed by atoms with Gasteiger partial charge in [0.25, 0.3) is 0 Å². The lowest BCUT2D eigenvalue weighted by atomic mass is 9.94. The highest BCUT2D eigenvalue weighted by atomic mass is 32.2. The Labute approximate surface area is 198 Å². The highest BCUT2D eigenvalue weighted by Crippen LogP contribution is 2.31. The number of anilines is 1. The summed E-state index contributed by atoms with van der Waals surface area (Å²) >= 11 is 0. The van der Waals surface area contributed by atoms with Gasteiger partial charge in [-0.3, -0.25) is 4.98 Å². The number of aromatic nitrogens is 1. The summed E-state index contributed by atoms with van der Waals surface area (Å²) in [7, 11) is -3.46. The van der Waals surface area contributed by atoms with Gasteiger partial charge in [-0.25, -0.2) is 22.6 Å². The number of hydrogen-bond acceptors (Lipinski definition) is 5. The fourth-order valence-electron chi connectivity index (χ4n) is 3.49. The van der Waals surface area contributed by atoms with Crippen LogP contribution in [0.4, 0.5) is 28.0 Å². The number of rotatable bonds is 4. The normalized spacial score (nSPS) is 16.2. The lowest BCUT2D eigenvalue weighted by Gasteiger charge is -2.16. The standard InChI is InChI=1S/C23H18F4N4O3S/c1-35(33,34)18-10-11-20(28-12-18)19-13-31(30-21(19)14-2-6-16(24)7-3-14)22(32)29-17-8-4-15(5-9-17)23(25,26)27/h2-12,19H,13H2,1H3,(H,29,32). The van der Waals surface area contributed by atoms with Gasteiger partial charge < -0.3 is 5.32 Å². The summed E-state index contributed by atoms with van der Waals surface area (Å²) in [6.07, 6.45) is -2.24. The van der Waals surface area contributed by atoms with E-state index in [9.17, 15) is 30.8 Å². The molecule has 12 heteroatoms. The third-order valence-electron chi connectivity index (χ3n) is 5.30. The van der Waals surface area contributed by atoms with E-state index in [4.69, 9.17) is 0 Å². The number of halogens is 4. The number of urea groups is 1. The first-order chi connectivity index (χ1) is 16.4. The maximum atomic E-state index is 13.4. The molecule has 0 radical (unpaired) electrons. The average molecular weight is 506 g/mol. The molecule has 0 spiro atoms. The molecule has 2 amide bonds. The number of amides is 2. The number of hydrazone groups is 1. The SMILES string of the molecule is CS(=O)(=O)c1ccc(C2CN(C(=O)Nc3ccc(C(F)(F)F)cc3)N=C2c2ccc(F)cc2)nc1. The maximum absolute atomic E-state index is 13.4. The van der Waals surface area contributed by atoms with Gasteiger partial charge in [0, 0.05) is 18.1 Å². The Morgan fingerprint density at radius 2 is 1.69 bits per heavy atom. The number of hydrogen-bond donors (Lipinski definition) is 1. The van der Waals surface area contributed by atoms with Crippen molar-refractivity contribution in [2.24, 2.45) is 5.10 Å². The Hall–Kier alpha value is -3.80. The van der Waals surface area contributed by atoms with E-state index in [0.29, 0.717) is 17.0 Å². The number of carbonyl (C=O) groups excluding carboxylic acids is 1. The predicted octanol–water partition coefficient (Wildman–Crippen LogP) is 4.68. The maximum Gasteiger partial charge on any atom is 0.416 e. The summed E-state index contributed by atoms with van der Waals surface area (Å²) in [5.41, 5.74) is 0.644. The van der Waals surface area contributed by atoms with E-state index in [0.717, 1.165) is 35.5 Å². The zero-order chi connectivity index (χ0) is 25.4. The average Bonchev–Trinajstić information content (AvgIpc) is 3.24. The molecule has 3 aromatic rings. The second kappa shape index (κ2) is 9.10. The number of sulfone groups is 1. The summed E-state index contributed by atoms with van der Waals surface area (Å²) in [5, 5.41) is 7.94. The summed E-state index contributed by atoms with van der Waals surface area (Å²) in [4.78, 5) is 17.1. The van der Waals surface area contributed by atoms with E-state index < -0.39 is 39.3 Å².